The Morgan fingerprint density at radius 3 is 2.38 bits per heavy atom. The van der Waals surface area contributed by atoms with Crippen LogP contribution >= 0.6 is 23.4 Å². The van der Waals surface area contributed by atoms with Gasteiger partial charge in [0.1, 0.15) is 0 Å². The highest BCUT2D eigenvalue weighted by atomic mass is 35.5. The van der Waals surface area contributed by atoms with Gasteiger partial charge in [0.15, 0.2) is 0 Å². The van der Waals surface area contributed by atoms with Crippen molar-refractivity contribution in [3.8, 4) is 0 Å². The first-order valence-corrected chi connectivity index (χ1v) is 10.0. The summed E-state index contributed by atoms with van der Waals surface area (Å²) in [6, 6.07) is 17.4. The van der Waals surface area contributed by atoms with Crippen molar-refractivity contribution in [1.29, 1.82) is 0 Å². The smallest absolute Gasteiger partial charge is 0.242 e. The maximum atomic E-state index is 12.3. The number of carbonyl (C=O) groups excluding carboxylic acids is 2. The van der Waals surface area contributed by atoms with E-state index in [0.717, 1.165) is 16.9 Å². The van der Waals surface area contributed by atoms with E-state index in [1.165, 1.54) is 11.8 Å². The number of carbonyl (C=O) groups is 2. The molecule has 0 radical (unpaired) electrons. The molecule has 138 valence electrons. The summed E-state index contributed by atoms with van der Waals surface area (Å²) < 4.78 is 0. The van der Waals surface area contributed by atoms with Crippen molar-refractivity contribution in [2.75, 3.05) is 18.8 Å². The molecule has 0 aliphatic heterocycles. The van der Waals surface area contributed by atoms with Gasteiger partial charge in [-0.2, -0.15) is 0 Å². The highest BCUT2D eigenvalue weighted by molar-refractivity contribution is 7.99. The summed E-state index contributed by atoms with van der Waals surface area (Å²) in [5.74, 6) is 0.842. The van der Waals surface area contributed by atoms with Gasteiger partial charge >= 0.3 is 0 Å². The molecule has 0 atom stereocenters. The van der Waals surface area contributed by atoms with Crippen molar-refractivity contribution in [1.82, 2.24) is 10.2 Å². The normalized spacial score (nSPS) is 10.4. The number of hydrogen-bond acceptors (Lipinski definition) is 3. The molecule has 0 spiro atoms. The van der Waals surface area contributed by atoms with E-state index < -0.39 is 0 Å². The van der Waals surface area contributed by atoms with E-state index in [0.29, 0.717) is 23.9 Å². The molecule has 0 aliphatic rings. The number of rotatable bonds is 9. The molecule has 1 N–H and O–H groups in total. The van der Waals surface area contributed by atoms with Gasteiger partial charge in [-0.15, -0.1) is 11.8 Å². The van der Waals surface area contributed by atoms with Gasteiger partial charge in [0.25, 0.3) is 0 Å². The summed E-state index contributed by atoms with van der Waals surface area (Å²) in [4.78, 5) is 26.0. The molecule has 0 saturated carbocycles. The lowest BCUT2D eigenvalue weighted by Gasteiger charge is -2.21. The third-order valence-electron chi connectivity index (χ3n) is 3.80. The Morgan fingerprint density at radius 2 is 1.73 bits per heavy atom. The highest BCUT2D eigenvalue weighted by Crippen LogP contribution is 2.15. The van der Waals surface area contributed by atoms with Crippen LogP contribution in [0.25, 0.3) is 0 Å². The molecule has 2 aromatic rings. The molecule has 26 heavy (non-hydrogen) atoms. The average molecular weight is 391 g/mol. The molecule has 0 fully saturated rings. The quantitative estimate of drug-likeness (QED) is 0.709. The molecule has 0 aliphatic carbocycles. The molecule has 0 aromatic heterocycles. The van der Waals surface area contributed by atoms with Crippen molar-refractivity contribution in [3.05, 3.63) is 70.7 Å². The number of amides is 2. The second-order valence-electron chi connectivity index (χ2n) is 5.79. The van der Waals surface area contributed by atoms with E-state index in [1.54, 1.807) is 4.90 Å². The third-order valence-corrected chi connectivity index (χ3v) is 5.06. The summed E-state index contributed by atoms with van der Waals surface area (Å²) in [5.41, 5.74) is 2.19. The number of nitrogens with zero attached hydrogens (tertiary/aromatic N) is 1. The van der Waals surface area contributed by atoms with Gasteiger partial charge in [0.2, 0.25) is 11.8 Å². The summed E-state index contributed by atoms with van der Waals surface area (Å²) >= 11 is 7.36. The SMILES string of the molecule is CCN(Cc1ccccc1)C(=O)CNC(=O)CSCc1ccc(Cl)cc1. The second kappa shape index (κ2) is 10.9. The molecule has 4 nitrogen and oxygen atoms in total. The van der Waals surface area contributed by atoms with Crippen molar-refractivity contribution in [2.24, 2.45) is 0 Å². The molecule has 6 heteroatoms. The predicted molar refractivity (Wildman–Crippen MR) is 108 cm³/mol. The molecule has 2 amide bonds. The van der Waals surface area contributed by atoms with Crippen molar-refractivity contribution in [3.63, 3.8) is 0 Å². The third kappa shape index (κ3) is 7.10. The van der Waals surface area contributed by atoms with Gasteiger partial charge in [-0.1, -0.05) is 54.1 Å². The molecular formula is C20H23ClN2O2S. The van der Waals surface area contributed by atoms with Gasteiger partial charge in [-0.25, -0.2) is 0 Å². The number of benzene rings is 2. The molecule has 2 rings (SSSR count). The minimum absolute atomic E-state index is 0.0288. The molecule has 0 heterocycles. The minimum Gasteiger partial charge on any atom is -0.346 e. The van der Waals surface area contributed by atoms with Gasteiger partial charge in [-0.3, -0.25) is 9.59 Å². The number of halogens is 1. The van der Waals surface area contributed by atoms with Crippen LogP contribution in [0.5, 0.6) is 0 Å². The zero-order chi connectivity index (χ0) is 18.8. The Morgan fingerprint density at radius 1 is 1.04 bits per heavy atom. The minimum atomic E-state index is -0.131. The first-order valence-electron chi connectivity index (χ1n) is 8.49. The van der Waals surface area contributed by atoms with Gasteiger partial charge < -0.3 is 10.2 Å². The lowest BCUT2D eigenvalue weighted by molar-refractivity contribution is -0.132. The van der Waals surface area contributed by atoms with E-state index >= 15 is 0 Å². The molecule has 0 saturated heterocycles. The number of hydrogen-bond donors (Lipinski definition) is 1. The van der Waals surface area contributed by atoms with Crippen LogP contribution in [0.4, 0.5) is 0 Å². The average Bonchev–Trinajstić information content (AvgIpc) is 2.66. The Balaban J connectivity index is 1.69. The van der Waals surface area contributed by atoms with E-state index in [2.05, 4.69) is 5.32 Å². The Kier molecular flexibility index (Phi) is 8.51. The zero-order valence-corrected chi connectivity index (χ0v) is 16.4. The summed E-state index contributed by atoms with van der Waals surface area (Å²) in [7, 11) is 0. The standard InChI is InChI=1S/C20H23ClN2O2S/c1-2-23(13-16-6-4-3-5-7-16)20(25)12-22-19(24)15-26-14-17-8-10-18(21)11-9-17/h3-11H,2,12-15H2,1H3,(H,22,24). The fraction of sp³-hybridized carbons (Fsp3) is 0.300. The Bertz CT molecular complexity index is 708. The zero-order valence-electron chi connectivity index (χ0n) is 14.8. The number of thioether (sulfide) groups is 1. The lowest BCUT2D eigenvalue weighted by atomic mass is 10.2. The van der Waals surface area contributed by atoms with Crippen LogP contribution in [-0.2, 0) is 21.9 Å². The van der Waals surface area contributed by atoms with Gasteiger partial charge in [-0.05, 0) is 30.2 Å². The van der Waals surface area contributed by atoms with Gasteiger partial charge in [0, 0.05) is 23.9 Å². The fourth-order valence-corrected chi connectivity index (χ4v) is 3.30. The van der Waals surface area contributed by atoms with E-state index in [-0.39, 0.29) is 18.4 Å². The Hall–Kier alpha value is -1.98. The van der Waals surface area contributed by atoms with Crippen LogP contribution in [-0.4, -0.2) is 35.6 Å². The van der Waals surface area contributed by atoms with Crippen LogP contribution in [0, 0.1) is 0 Å². The van der Waals surface area contributed by atoms with Crippen LogP contribution in [0.1, 0.15) is 18.1 Å². The monoisotopic (exact) mass is 390 g/mol. The topological polar surface area (TPSA) is 49.4 Å². The maximum absolute atomic E-state index is 12.3. The van der Waals surface area contributed by atoms with E-state index in [1.807, 2.05) is 61.5 Å². The van der Waals surface area contributed by atoms with Crippen LogP contribution in [0.2, 0.25) is 5.02 Å². The van der Waals surface area contributed by atoms with Gasteiger partial charge in [0.05, 0.1) is 12.3 Å². The molecular weight excluding hydrogens is 368 g/mol. The summed E-state index contributed by atoms with van der Waals surface area (Å²) in [6.45, 7) is 3.12. The molecule has 0 bridgehead atoms. The van der Waals surface area contributed by atoms with E-state index in [4.69, 9.17) is 11.6 Å². The summed E-state index contributed by atoms with van der Waals surface area (Å²) in [6.07, 6.45) is 0. The van der Waals surface area contributed by atoms with Crippen molar-refractivity contribution >= 4 is 35.2 Å². The molecule has 2 aromatic carbocycles. The Labute approximate surface area is 163 Å². The van der Waals surface area contributed by atoms with E-state index in [9.17, 15) is 9.59 Å². The first kappa shape index (κ1) is 20.3. The van der Waals surface area contributed by atoms with Crippen molar-refractivity contribution in [2.45, 2.75) is 19.2 Å². The number of likely N-dealkylation sites (N-methyl/N-ethyl adjacent to an activating group) is 1. The highest BCUT2D eigenvalue weighted by Gasteiger charge is 2.13. The predicted octanol–water partition coefficient (Wildman–Crippen LogP) is 3.74. The number of nitrogens with one attached hydrogen (secondary N) is 1. The summed E-state index contributed by atoms with van der Waals surface area (Å²) in [5, 5.41) is 3.41. The van der Waals surface area contributed by atoms with Crippen LogP contribution in [0.15, 0.2) is 54.6 Å². The van der Waals surface area contributed by atoms with Crippen LogP contribution in [0.3, 0.4) is 0 Å². The first-order chi connectivity index (χ1) is 12.6. The lowest BCUT2D eigenvalue weighted by Crippen LogP contribution is -2.40. The molecule has 0 unspecified atom stereocenters. The maximum Gasteiger partial charge on any atom is 0.242 e. The fourth-order valence-electron chi connectivity index (χ4n) is 2.36. The van der Waals surface area contributed by atoms with Crippen molar-refractivity contribution < 1.29 is 9.59 Å². The second-order valence-corrected chi connectivity index (χ2v) is 7.21. The van der Waals surface area contributed by atoms with Crippen LogP contribution < -0.4 is 5.32 Å². The largest absolute Gasteiger partial charge is 0.346 e.